The molecule has 0 aromatic heterocycles. The van der Waals surface area contributed by atoms with Crippen molar-refractivity contribution in [3.8, 4) is 0 Å². The molecule has 0 spiro atoms. The average Bonchev–Trinajstić information content (AvgIpc) is 2.88. The van der Waals surface area contributed by atoms with E-state index in [0.717, 1.165) is 38.1 Å². The summed E-state index contributed by atoms with van der Waals surface area (Å²) in [5.41, 5.74) is 6.92. The van der Waals surface area contributed by atoms with Gasteiger partial charge in [0.25, 0.3) is 0 Å². The monoisotopic (exact) mass is 280 g/mol. The SMILES string of the molecule is COCC1CCN(C(C)(CN)Cc2cccc(F)c2)C1. The Bertz CT molecular complexity index is 440. The van der Waals surface area contributed by atoms with Crippen molar-refractivity contribution in [2.24, 2.45) is 11.7 Å². The van der Waals surface area contributed by atoms with Gasteiger partial charge in [0, 0.05) is 25.7 Å². The second kappa shape index (κ2) is 6.66. The van der Waals surface area contributed by atoms with Gasteiger partial charge in [0.05, 0.1) is 6.61 Å². The van der Waals surface area contributed by atoms with Crippen LogP contribution < -0.4 is 5.73 Å². The van der Waals surface area contributed by atoms with Crippen molar-refractivity contribution in [3.05, 3.63) is 35.6 Å². The number of nitrogens with zero attached hydrogens (tertiary/aromatic N) is 1. The fraction of sp³-hybridized carbons (Fsp3) is 0.625. The third kappa shape index (κ3) is 3.57. The first-order chi connectivity index (χ1) is 9.57. The number of ether oxygens (including phenoxy) is 1. The lowest BCUT2D eigenvalue weighted by atomic mass is 9.91. The maximum Gasteiger partial charge on any atom is 0.123 e. The zero-order chi connectivity index (χ0) is 14.6. The summed E-state index contributed by atoms with van der Waals surface area (Å²) in [6.07, 6.45) is 1.92. The molecule has 1 saturated heterocycles. The van der Waals surface area contributed by atoms with Crippen LogP contribution in [-0.2, 0) is 11.2 Å². The van der Waals surface area contributed by atoms with Gasteiger partial charge in [-0.1, -0.05) is 12.1 Å². The standard InChI is InChI=1S/C16H25FN2O/c1-16(12-18,9-13-4-3-5-15(17)8-13)19-7-6-14(10-19)11-20-2/h3-5,8,14H,6-7,9-12,18H2,1-2H3. The van der Waals surface area contributed by atoms with Crippen LogP contribution in [0.25, 0.3) is 0 Å². The van der Waals surface area contributed by atoms with Gasteiger partial charge in [0.2, 0.25) is 0 Å². The third-order valence-electron chi connectivity index (χ3n) is 4.37. The molecule has 2 unspecified atom stereocenters. The van der Waals surface area contributed by atoms with Crippen molar-refractivity contribution in [1.29, 1.82) is 0 Å². The van der Waals surface area contributed by atoms with E-state index in [4.69, 9.17) is 10.5 Å². The van der Waals surface area contributed by atoms with Crippen molar-refractivity contribution < 1.29 is 9.13 Å². The summed E-state index contributed by atoms with van der Waals surface area (Å²) in [5.74, 6) is 0.402. The molecule has 0 saturated carbocycles. The third-order valence-corrected chi connectivity index (χ3v) is 4.37. The Hall–Kier alpha value is -0.970. The minimum absolute atomic E-state index is 0.115. The first-order valence-corrected chi connectivity index (χ1v) is 7.26. The van der Waals surface area contributed by atoms with Gasteiger partial charge in [0.1, 0.15) is 5.82 Å². The van der Waals surface area contributed by atoms with Gasteiger partial charge in [-0.2, -0.15) is 0 Å². The maximum absolute atomic E-state index is 13.3. The lowest BCUT2D eigenvalue weighted by Gasteiger charge is -2.38. The first kappa shape index (κ1) is 15.4. The molecule has 1 aliphatic rings. The molecule has 0 amide bonds. The minimum Gasteiger partial charge on any atom is -0.384 e. The molecule has 1 heterocycles. The molecule has 1 fully saturated rings. The predicted octanol–water partition coefficient (Wildman–Crippen LogP) is 2.05. The van der Waals surface area contributed by atoms with E-state index in [-0.39, 0.29) is 11.4 Å². The highest BCUT2D eigenvalue weighted by molar-refractivity contribution is 5.19. The second-order valence-electron chi connectivity index (χ2n) is 6.06. The molecule has 1 aromatic carbocycles. The molecule has 0 radical (unpaired) electrons. The normalized spacial score (nSPS) is 22.9. The zero-order valence-corrected chi connectivity index (χ0v) is 12.4. The van der Waals surface area contributed by atoms with Crippen LogP contribution in [0.5, 0.6) is 0 Å². The number of halogens is 1. The molecule has 0 aliphatic carbocycles. The average molecular weight is 280 g/mol. The highest BCUT2D eigenvalue weighted by atomic mass is 19.1. The lowest BCUT2D eigenvalue weighted by molar-refractivity contribution is 0.115. The van der Waals surface area contributed by atoms with Gasteiger partial charge in [-0.15, -0.1) is 0 Å². The van der Waals surface area contributed by atoms with Crippen molar-refractivity contribution >= 4 is 0 Å². The summed E-state index contributed by atoms with van der Waals surface area (Å²) in [6.45, 7) is 5.60. The highest BCUT2D eigenvalue weighted by Crippen LogP contribution is 2.27. The molecule has 2 rings (SSSR count). The number of nitrogens with two attached hydrogens (primary N) is 1. The minimum atomic E-state index is -0.180. The molecule has 112 valence electrons. The second-order valence-corrected chi connectivity index (χ2v) is 6.06. The predicted molar refractivity (Wildman–Crippen MR) is 79.1 cm³/mol. The van der Waals surface area contributed by atoms with Crippen molar-refractivity contribution in [3.63, 3.8) is 0 Å². The van der Waals surface area contributed by atoms with E-state index in [1.165, 1.54) is 6.07 Å². The van der Waals surface area contributed by atoms with Gasteiger partial charge in [-0.25, -0.2) is 4.39 Å². The molecule has 4 heteroatoms. The van der Waals surface area contributed by atoms with E-state index in [0.29, 0.717) is 12.5 Å². The van der Waals surface area contributed by atoms with Crippen LogP contribution in [0.1, 0.15) is 18.9 Å². The van der Waals surface area contributed by atoms with Gasteiger partial charge in [0.15, 0.2) is 0 Å². The summed E-state index contributed by atoms with van der Waals surface area (Å²) in [7, 11) is 1.75. The van der Waals surface area contributed by atoms with Gasteiger partial charge in [-0.05, 0) is 49.9 Å². The van der Waals surface area contributed by atoms with Crippen LogP contribution in [0.4, 0.5) is 4.39 Å². The quantitative estimate of drug-likeness (QED) is 0.867. The Labute approximate surface area is 120 Å². The smallest absolute Gasteiger partial charge is 0.123 e. The molecule has 20 heavy (non-hydrogen) atoms. The maximum atomic E-state index is 13.3. The number of methoxy groups -OCH3 is 1. The number of hydrogen-bond donors (Lipinski definition) is 1. The topological polar surface area (TPSA) is 38.5 Å². The largest absolute Gasteiger partial charge is 0.384 e. The van der Waals surface area contributed by atoms with E-state index in [1.54, 1.807) is 19.2 Å². The number of likely N-dealkylation sites (tertiary alicyclic amines) is 1. The van der Waals surface area contributed by atoms with Crippen LogP contribution in [0, 0.1) is 11.7 Å². The summed E-state index contributed by atoms with van der Waals surface area (Å²) in [5, 5.41) is 0. The number of benzene rings is 1. The Morgan fingerprint density at radius 3 is 2.95 bits per heavy atom. The summed E-state index contributed by atoms with van der Waals surface area (Å²) in [4.78, 5) is 2.43. The fourth-order valence-electron chi connectivity index (χ4n) is 3.09. The first-order valence-electron chi connectivity index (χ1n) is 7.26. The summed E-state index contributed by atoms with van der Waals surface area (Å²) < 4.78 is 18.6. The molecule has 1 aromatic rings. The van der Waals surface area contributed by atoms with Crippen LogP contribution in [0.15, 0.2) is 24.3 Å². The van der Waals surface area contributed by atoms with Crippen LogP contribution in [0.3, 0.4) is 0 Å². The van der Waals surface area contributed by atoms with E-state index in [2.05, 4.69) is 11.8 Å². The Balaban J connectivity index is 2.05. The Kier molecular flexibility index (Phi) is 5.13. The van der Waals surface area contributed by atoms with E-state index in [9.17, 15) is 4.39 Å². The molecular formula is C16H25FN2O. The molecule has 2 atom stereocenters. The van der Waals surface area contributed by atoms with Crippen LogP contribution >= 0.6 is 0 Å². The van der Waals surface area contributed by atoms with Crippen LogP contribution in [-0.4, -0.2) is 43.8 Å². The lowest BCUT2D eigenvalue weighted by Crippen LogP contribution is -2.52. The molecule has 0 bridgehead atoms. The van der Waals surface area contributed by atoms with E-state index in [1.807, 2.05) is 6.07 Å². The number of hydrogen-bond acceptors (Lipinski definition) is 3. The summed E-state index contributed by atoms with van der Waals surface area (Å²) in [6, 6.07) is 6.82. The van der Waals surface area contributed by atoms with Crippen molar-refractivity contribution in [2.45, 2.75) is 25.3 Å². The number of rotatable bonds is 6. The zero-order valence-electron chi connectivity index (χ0n) is 12.4. The molecular weight excluding hydrogens is 255 g/mol. The van der Waals surface area contributed by atoms with Gasteiger partial charge < -0.3 is 10.5 Å². The van der Waals surface area contributed by atoms with Crippen molar-refractivity contribution in [2.75, 3.05) is 33.4 Å². The van der Waals surface area contributed by atoms with Gasteiger partial charge >= 0.3 is 0 Å². The van der Waals surface area contributed by atoms with E-state index >= 15 is 0 Å². The van der Waals surface area contributed by atoms with Gasteiger partial charge in [-0.3, -0.25) is 4.90 Å². The highest BCUT2D eigenvalue weighted by Gasteiger charge is 2.36. The van der Waals surface area contributed by atoms with E-state index < -0.39 is 0 Å². The molecule has 2 N–H and O–H groups in total. The summed E-state index contributed by atoms with van der Waals surface area (Å²) >= 11 is 0. The van der Waals surface area contributed by atoms with Crippen LogP contribution in [0.2, 0.25) is 0 Å². The Morgan fingerprint density at radius 2 is 2.30 bits per heavy atom. The van der Waals surface area contributed by atoms with Crippen molar-refractivity contribution in [1.82, 2.24) is 4.90 Å². The Morgan fingerprint density at radius 1 is 1.50 bits per heavy atom. The molecule has 3 nitrogen and oxygen atoms in total. The fourth-order valence-corrected chi connectivity index (χ4v) is 3.09. The molecule has 1 aliphatic heterocycles.